The normalized spacial score (nSPS) is 10.4. The summed E-state index contributed by atoms with van der Waals surface area (Å²) in [6, 6.07) is 11.9. The third-order valence-electron chi connectivity index (χ3n) is 3.22. The Morgan fingerprint density at radius 1 is 1.12 bits per heavy atom. The molecule has 0 aliphatic rings. The molecule has 24 heavy (non-hydrogen) atoms. The van der Waals surface area contributed by atoms with E-state index in [0.717, 1.165) is 5.76 Å². The van der Waals surface area contributed by atoms with E-state index >= 15 is 0 Å². The van der Waals surface area contributed by atoms with Gasteiger partial charge in [0.1, 0.15) is 11.6 Å². The average molecular weight is 362 g/mol. The molecule has 0 saturated heterocycles. The van der Waals surface area contributed by atoms with Gasteiger partial charge in [0, 0.05) is 17.4 Å². The molecule has 0 aliphatic heterocycles. The number of rotatable bonds is 5. The summed E-state index contributed by atoms with van der Waals surface area (Å²) in [4.78, 5) is 16.5. The summed E-state index contributed by atoms with van der Waals surface area (Å²) in [5.74, 6) is 1.09. The Morgan fingerprint density at radius 3 is 2.75 bits per heavy atom. The zero-order valence-corrected chi connectivity index (χ0v) is 13.9. The van der Waals surface area contributed by atoms with Crippen LogP contribution in [0.3, 0.4) is 0 Å². The van der Waals surface area contributed by atoms with Gasteiger partial charge in [0.2, 0.25) is 0 Å². The fourth-order valence-corrected chi connectivity index (χ4v) is 2.33. The molecule has 7 heteroatoms. The van der Waals surface area contributed by atoms with Crippen molar-refractivity contribution in [2.75, 3.05) is 10.6 Å². The van der Waals surface area contributed by atoms with Crippen molar-refractivity contribution >= 4 is 40.6 Å². The van der Waals surface area contributed by atoms with Crippen molar-refractivity contribution in [1.29, 1.82) is 0 Å². The Hall–Kier alpha value is -2.50. The van der Waals surface area contributed by atoms with E-state index in [9.17, 15) is 4.79 Å². The smallest absolute Gasteiger partial charge is 0.255 e. The third kappa shape index (κ3) is 4.07. The number of amides is 1. The number of aromatic nitrogens is 1. The van der Waals surface area contributed by atoms with Gasteiger partial charge in [-0.3, -0.25) is 4.79 Å². The Morgan fingerprint density at radius 2 is 2.00 bits per heavy atom. The molecule has 1 amide bonds. The first-order chi connectivity index (χ1) is 11.6. The Balaban J connectivity index is 1.68. The molecule has 0 saturated carbocycles. The molecule has 0 unspecified atom stereocenters. The number of nitrogens with one attached hydrogen (secondary N) is 2. The van der Waals surface area contributed by atoms with Crippen LogP contribution < -0.4 is 10.6 Å². The van der Waals surface area contributed by atoms with Gasteiger partial charge in [-0.2, -0.15) is 0 Å². The molecule has 3 rings (SSSR count). The number of benzene rings is 1. The van der Waals surface area contributed by atoms with E-state index in [0.29, 0.717) is 33.7 Å². The zero-order chi connectivity index (χ0) is 16.9. The predicted molar refractivity (Wildman–Crippen MR) is 94.7 cm³/mol. The maximum absolute atomic E-state index is 12.3. The molecule has 0 spiro atoms. The highest BCUT2D eigenvalue weighted by molar-refractivity contribution is 6.42. The number of hydrogen-bond donors (Lipinski definition) is 2. The summed E-state index contributed by atoms with van der Waals surface area (Å²) in [7, 11) is 0. The van der Waals surface area contributed by atoms with Gasteiger partial charge < -0.3 is 15.1 Å². The molecular weight excluding hydrogens is 349 g/mol. The van der Waals surface area contributed by atoms with Crippen LogP contribution in [0.4, 0.5) is 11.5 Å². The second-order valence-corrected chi connectivity index (χ2v) is 5.76. The van der Waals surface area contributed by atoms with Crippen molar-refractivity contribution < 1.29 is 9.21 Å². The molecule has 0 radical (unpaired) electrons. The Bertz CT molecular complexity index is 851. The van der Waals surface area contributed by atoms with Crippen molar-refractivity contribution in [3.63, 3.8) is 0 Å². The quantitative estimate of drug-likeness (QED) is 0.681. The summed E-state index contributed by atoms with van der Waals surface area (Å²) in [6.07, 6.45) is 3.17. The lowest BCUT2D eigenvalue weighted by atomic mass is 10.2. The summed E-state index contributed by atoms with van der Waals surface area (Å²) < 4.78 is 5.24. The van der Waals surface area contributed by atoms with Crippen LogP contribution >= 0.6 is 23.2 Å². The molecule has 0 fully saturated rings. The number of nitrogens with zero attached hydrogens (tertiary/aromatic N) is 1. The molecule has 122 valence electrons. The van der Waals surface area contributed by atoms with Crippen LogP contribution in [0.2, 0.25) is 10.0 Å². The Labute approximate surface area is 148 Å². The first-order valence-corrected chi connectivity index (χ1v) is 7.86. The van der Waals surface area contributed by atoms with Gasteiger partial charge in [-0.15, -0.1) is 0 Å². The van der Waals surface area contributed by atoms with Crippen LogP contribution in [0.25, 0.3) is 0 Å². The van der Waals surface area contributed by atoms with E-state index in [1.54, 1.807) is 42.8 Å². The maximum Gasteiger partial charge on any atom is 0.255 e. The fourth-order valence-electron chi connectivity index (χ4n) is 2.04. The van der Waals surface area contributed by atoms with Gasteiger partial charge >= 0.3 is 0 Å². The van der Waals surface area contributed by atoms with Crippen LogP contribution in [0, 0.1) is 0 Å². The van der Waals surface area contributed by atoms with Crippen LogP contribution in [0.15, 0.2) is 59.3 Å². The van der Waals surface area contributed by atoms with Gasteiger partial charge in [-0.1, -0.05) is 23.2 Å². The van der Waals surface area contributed by atoms with E-state index in [2.05, 4.69) is 15.6 Å². The van der Waals surface area contributed by atoms with Gasteiger partial charge in [-0.05, 0) is 42.5 Å². The number of carbonyl (C=O) groups is 1. The Kier molecular flexibility index (Phi) is 5.03. The lowest BCUT2D eigenvalue weighted by Gasteiger charge is -2.08. The van der Waals surface area contributed by atoms with Crippen LogP contribution in [-0.4, -0.2) is 10.9 Å². The molecule has 0 aliphatic carbocycles. The molecular formula is C17H13Cl2N3O2. The molecule has 3 aromatic rings. The molecule has 2 heterocycles. The highest BCUT2D eigenvalue weighted by Crippen LogP contribution is 2.25. The molecule has 1 aromatic carbocycles. The molecule has 2 aromatic heterocycles. The average Bonchev–Trinajstić information content (AvgIpc) is 3.10. The van der Waals surface area contributed by atoms with E-state index in [1.807, 2.05) is 12.1 Å². The topological polar surface area (TPSA) is 67.2 Å². The number of hydrogen-bond acceptors (Lipinski definition) is 4. The van der Waals surface area contributed by atoms with Gasteiger partial charge in [-0.25, -0.2) is 4.98 Å². The second kappa shape index (κ2) is 7.38. The molecule has 0 bridgehead atoms. The zero-order valence-electron chi connectivity index (χ0n) is 12.4. The number of halogens is 2. The van der Waals surface area contributed by atoms with E-state index in [1.165, 1.54) is 0 Å². The lowest BCUT2D eigenvalue weighted by Crippen LogP contribution is -2.12. The first-order valence-electron chi connectivity index (χ1n) is 7.10. The summed E-state index contributed by atoms with van der Waals surface area (Å²) in [5, 5.41) is 6.68. The summed E-state index contributed by atoms with van der Waals surface area (Å²) in [6.45, 7) is 0.484. The number of pyridine rings is 1. The summed E-state index contributed by atoms with van der Waals surface area (Å²) >= 11 is 11.8. The van der Waals surface area contributed by atoms with Crippen LogP contribution in [-0.2, 0) is 6.54 Å². The van der Waals surface area contributed by atoms with Crippen molar-refractivity contribution in [2.45, 2.75) is 6.54 Å². The van der Waals surface area contributed by atoms with Gasteiger partial charge in [0.25, 0.3) is 5.91 Å². The highest BCUT2D eigenvalue weighted by Gasteiger charge is 2.09. The predicted octanol–water partition coefficient (Wildman–Crippen LogP) is 4.85. The van der Waals surface area contributed by atoms with Crippen molar-refractivity contribution in [3.05, 3.63) is 76.3 Å². The van der Waals surface area contributed by atoms with Crippen molar-refractivity contribution in [1.82, 2.24) is 4.98 Å². The lowest BCUT2D eigenvalue weighted by molar-refractivity contribution is 0.102. The first kappa shape index (κ1) is 16.4. The van der Waals surface area contributed by atoms with E-state index < -0.39 is 0 Å². The maximum atomic E-state index is 12.3. The van der Waals surface area contributed by atoms with Crippen molar-refractivity contribution in [2.24, 2.45) is 0 Å². The number of anilines is 2. The third-order valence-corrected chi connectivity index (χ3v) is 3.96. The number of carbonyl (C=O) groups excluding carboxylic acids is 1. The van der Waals surface area contributed by atoms with Gasteiger partial charge in [0.05, 0.1) is 22.9 Å². The molecule has 5 nitrogen and oxygen atoms in total. The van der Waals surface area contributed by atoms with Gasteiger partial charge in [0.15, 0.2) is 0 Å². The standard InChI is InChI=1S/C17H13Cl2N3O2/c18-14-4-3-12(9-15(14)19)22-17(23)11-5-6-20-16(8-11)21-10-13-2-1-7-24-13/h1-9H,10H2,(H,20,21)(H,22,23). The fraction of sp³-hybridized carbons (Fsp3) is 0.0588. The SMILES string of the molecule is O=C(Nc1ccc(Cl)c(Cl)c1)c1ccnc(NCc2ccco2)c1. The minimum absolute atomic E-state index is 0.267. The van der Waals surface area contributed by atoms with Crippen molar-refractivity contribution in [3.8, 4) is 0 Å². The monoisotopic (exact) mass is 361 g/mol. The molecule has 2 N–H and O–H groups in total. The van der Waals surface area contributed by atoms with Crippen LogP contribution in [0.1, 0.15) is 16.1 Å². The van der Waals surface area contributed by atoms with E-state index in [-0.39, 0.29) is 5.91 Å². The summed E-state index contributed by atoms with van der Waals surface area (Å²) in [5.41, 5.74) is 1.04. The largest absolute Gasteiger partial charge is 0.467 e. The highest BCUT2D eigenvalue weighted by atomic mass is 35.5. The minimum Gasteiger partial charge on any atom is -0.467 e. The van der Waals surface area contributed by atoms with Crippen LogP contribution in [0.5, 0.6) is 0 Å². The second-order valence-electron chi connectivity index (χ2n) is 4.95. The van der Waals surface area contributed by atoms with E-state index in [4.69, 9.17) is 27.6 Å². The number of furan rings is 1. The molecule has 0 atom stereocenters. The minimum atomic E-state index is -0.267.